The maximum Gasteiger partial charge on any atom is 0.157 e. The number of hydrogen-bond acceptors (Lipinski definition) is 5. The number of nitrogens with zero attached hydrogens (tertiary/aromatic N) is 4. The first-order valence-corrected chi connectivity index (χ1v) is 6.25. The van der Waals surface area contributed by atoms with Gasteiger partial charge < -0.3 is 15.5 Å². The van der Waals surface area contributed by atoms with E-state index in [4.69, 9.17) is 17.3 Å². The third-order valence-electron chi connectivity index (χ3n) is 3.13. The summed E-state index contributed by atoms with van der Waals surface area (Å²) in [7, 11) is 1.98. The van der Waals surface area contributed by atoms with Crippen LogP contribution in [0.15, 0.2) is 6.33 Å². The summed E-state index contributed by atoms with van der Waals surface area (Å²) in [5, 5.41) is 0.322. The largest absolute Gasteiger partial charge is 0.393 e. The Bertz CT molecular complexity index is 378. The molecule has 0 spiro atoms. The highest BCUT2D eigenvalue weighted by Gasteiger charge is 2.14. The van der Waals surface area contributed by atoms with Crippen molar-refractivity contribution in [1.29, 1.82) is 0 Å². The summed E-state index contributed by atoms with van der Waals surface area (Å²) in [6.07, 6.45) is 4.07. The molecule has 17 heavy (non-hydrogen) atoms. The van der Waals surface area contributed by atoms with E-state index in [-0.39, 0.29) is 0 Å². The van der Waals surface area contributed by atoms with Crippen LogP contribution >= 0.6 is 11.6 Å². The fraction of sp³-hybridized carbons (Fsp3) is 0.636. The molecule has 1 aromatic rings. The molecule has 1 fully saturated rings. The summed E-state index contributed by atoms with van der Waals surface area (Å²) in [4.78, 5) is 12.5. The normalized spacial score (nSPS) is 16.4. The summed E-state index contributed by atoms with van der Waals surface area (Å²) in [5.74, 6) is 0.712. The molecule has 0 radical (unpaired) electrons. The first kappa shape index (κ1) is 12.4. The van der Waals surface area contributed by atoms with Crippen LogP contribution in [0.5, 0.6) is 0 Å². The van der Waals surface area contributed by atoms with Crippen molar-refractivity contribution >= 4 is 23.1 Å². The Morgan fingerprint density at radius 2 is 2.12 bits per heavy atom. The van der Waals surface area contributed by atoms with Crippen molar-refractivity contribution in [3.05, 3.63) is 11.5 Å². The first-order chi connectivity index (χ1) is 8.18. The number of nitrogen functional groups attached to an aromatic ring is 1. The number of nitrogens with two attached hydrogens (primary N) is 1. The zero-order chi connectivity index (χ0) is 12.3. The maximum atomic E-state index is 5.87. The predicted octanol–water partition coefficient (Wildman–Crippen LogP) is 1.24. The number of halogens is 1. The van der Waals surface area contributed by atoms with Crippen LogP contribution in [-0.4, -0.2) is 48.1 Å². The van der Waals surface area contributed by atoms with E-state index in [1.807, 2.05) is 11.9 Å². The monoisotopic (exact) mass is 255 g/mol. The van der Waals surface area contributed by atoms with E-state index in [1.54, 1.807) is 0 Å². The SMILES string of the molecule is CN(CCN1CCCC1)c1ncnc(Cl)c1N. The fourth-order valence-corrected chi connectivity index (χ4v) is 2.20. The van der Waals surface area contributed by atoms with Gasteiger partial charge in [0.2, 0.25) is 0 Å². The average Bonchev–Trinajstić information content (AvgIpc) is 2.82. The van der Waals surface area contributed by atoms with Crippen molar-refractivity contribution in [2.24, 2.45) is 0 Å². The average molecular weight is 256 g/mol. The van der Waals surface area contributed by atoms with Gasteiger partial charge in [0.25, 0.3) is 0 Å². The minimum Gasteiger partial charge on any atom is -0.393 e. The van der Waals surface area contributed by atoms with Gasteiger partial charge in [-0.3, -0.25) is 0 Å². The Balaban J connectivity index is 1.94. The Kier molecular flexibility index (Phi) is 4.02. The van der Waals surface area contributed by atoms with Crippen LogP contribution in [0, 0.1) is 0 Å². The molecule has 1 saturated heterocycles. The second kappa shape index (κ2) is 5.51. The van der Waals surface area contributed by atoms with Crippen LogP contribution in [0.2, 0.25) is 5.15 Å². The Morgan fingerprint density at radius 1 is 1.41 bits per heavy atom. The molecule has 5 nitrogen and oxygen atoms in total. The molecule has 94 valence electrons. The summed E-state index contributed by atoms with van der Waals surface area (Å²) in [6, 6.07) is 0. The molecule has 1 aliphatic heterocycles. The van der Waals surface area contributed by atoms with Crippen LogP contribution in [0.3, 0.4) is 0 Å². The zero-order valence-corrected chi connectivity index (χ0v) is 10.8. The number of rotatable bonds is 4. The second-order valence-corrected chi connectivity index (χ2v) is 4.73. The van der Waals surface area contributed by atoms with Gasteiger partial charge in [-0.15, -0.1) is 0 Å². The second-order valence-electron chi connectivity index (χ2n) is 4.37. The van der Waals surface area contributed by atoms with Crippen LogP contribution in [0.1, 0.15) is 12.8 Å². The van der Waals surface area contributed by atoms with Crippen molar-refractivity contribution in [3.8, 4) is 0 Å². The molecule has 0 unspecified atom stereocenters. The van der Waals surface area contributed by atoms with Crippen molar-refractivity contribution in [2.75, 3.05) is 43.9 Å². The van der Waals surface area contributed by atoms with E-state index in [0.29, 0.717) is 16.7 Å². The van der Waals surface area contributed by atoms with Gasteiger partial charge in [-0.1, -0.05) is 11.6 Å². The summed E-state index contributed by atoms with van der Waals surface area (Å²) in [6.45, 7) is 4.34. The van der Waals surface area contributed by atoms with E-state index >= 15 is 0 Å². The van der Waals surface area contributed by atoms with E-state index in [1.165, 1.54) is 32.3 Å². The molecule has 2 rings (SSSR count). The Morgan fingerprint density at radius 3 is 2.82 bits per heavy atom. The number of hydrogen-bond donors (Lipinski definition) is 1. The lowest BCUT2D eigenvalue weighted by molar-refractivity contribution is 0.346. The topological polar surface area (TPSA) is 58.3 Å². The molecule has 0 bridgehead atoms. The molecule has 0 saturated carbocycles. The molecular weight excluding hydrogens is 238 g/mol. The molecule has 0 amide bonds. The number of anilines is 2. The van der Waals surface area contributed by atoms with Gasteiger partial charge >= 0.3 is 0 Å². The predicted molar refractivity (Wildman–Crippen MR) is 70.4 cm³/mol. The number of aromatic nitrogens is 2. The lowest BCUT2D eigenvalue weighted by Gasteiger charge is -2.23. The molecule has 6 heteroatoms. The third kappa shape index (κ3) is 2.98. The van der Waals surface area contributed by atoms with Crippen LogP contribution in [0.4, 0.5) is 11.5 Å². The molecule has 2 N–H and O–H groups in total. The van der Waals surface area contributed by atoms with Crippen LogP contribution in [0.25, 0.3) is 0 Å². The van der Waals surface area contributed by atoms with Gasteiger partial charge in [0, 0.05) is 20.1 Å². The third-order valence-corrected chi connectivity index (χ3v) is 3.43. The fourth-order valence-electron chi connectivity index (χ4n) is 2.07. The molecule has 0 aliphatic carbocycles. The Hall–Kier alpha value is -1.07. The van der Waals surface area contributed by atoms with Crippen LogP contribution < -0.4 is 10.6 Å². The van der Waals surface area contributed by atoms with Gasteiger partial charge in [0.1, 0.15) is 12.0 Å². The van der Waals surface area contributed by atoms with Crippen LogP contribution in [-0.2, 0) is 0 Å². The lowest BCUT2D eigenvalue weighted by atomic mass is 10.4. The quantitative estimate of drug-likeness (QED) is 0.821. The van der Waals surface area contributed by atoms with E-state index < -0.39 is 0 Å². The number of likely N-dealkylation sites (tertiary alicyclic amines) is 1. The van der Waals surface area contributed by atoms with Gasteiger partial charge in [0.05, 0.1) is 0 Å². The van der Waals surface area contributed by atoms with Gasteiger partial charge in [-0.25, -0.2) is 9.97 Å². The minimum absolute atomic E-state index is 0.322. The summed E-state index contributed by atoms with van der Waals surface area (Å²) in [5.41, 5.74) is 6.31. The molecule has 2 heterocycles. The van der Waals surface area contributed by atoms with Crippen molar-refractivity contribution in [2.45, 2.75) is 12.8 Å². The molecule has 1 aliphatic rings. The van der Waals surface area contributed by atoms with Crippen molar-refractivity contribution < 1.29 is 0 Å². The Labute approximate surface area is 107 Å². The molecule has 1 aromatic heterocycles. The van der Waals surface area contributed by atoms with E-state index in [2.05, 4.69) is 14.9 Å². The molecule has 0 aromatic carbocycles. The van der Waals surface area contributed by atoms with Gasteiger partial charge in [-0.05, 0) is 25.9 Å². The molecule has 0 atom stereocenters. The highest BCUT2D eigenvalue weighted by atomic mass is 35.5. The van der Waals surface area contributed by atoms with Crippen molar-refractivity contribution in [1.82, 2.24) is 14.9 Å². The van der Waals surface area contributed by atoms with E-state index in [9.17, 15) is 0 Å². The van der Waals surface area contributed by atoms with E-state index in [0.717, 1.165) is 13.1 Å². The smallest absolute Gasteiger partial charge is 0.157 e. The van der Waals surface area contributed by atoms with Crippen molar-refractivity contribution in [3.63, 3.8) is 0 Å². The summed E-state index contributed by atoms with van der Waals surface area (Å²) >= 11 is 5.87. The first-order valence-electron chi connectivity index (χ1n) is 5.88. The highest BCUT2D eigenvalue weighted by molar-refractivity contribution is 6.32. The number of likely N-dealkylation sites (N-methyl/N-ethyl adjacent to an activating group) is 1. The summed E-state index contributed by atoms with van der Waals surface area (Å²) < 4.78 is 0. The highest BCUT2D eigenvalue weighted by Crippen LogP contribution is 2.24. The van der Waals surface area contributed by atoms with Gasteiger partial charge in [0.15, 0.2) is 11.0 Å². The zero-order valence-electron chi connectivity index (χ0n) is 10.1. The maximum absolute atomic E-state index is 5.87. The van der Waals surface area contributed by atoms with Gasteiger partial charge in [-0.2, -0.15) is 0 Å². The minimum atomic E-state index is 0.322. The lowest BCUT2D eigenvalue weighted by Crippen LogP contribution is -2.32. The molecular formula is C11H18ClN5. The standard InChI is InChI=1S/C11H18ClN5/c1-16(6-7-17-4-2-3-5-17)11-9(13)10(12)14-8-15-11/h8H,2-7,13H2,1H3.